The molecule has 2 heterocycles. The van der Waals surface area contributed by atoms with Crippen molar-refractivity contribution in [3.8, 4) is 0 Å². The van der Waals surface area contributed by atoms with Gasteiger partial charge in [-0.1, -0.05) is 18.6 Å². The number of hydrogen-bond acceptors (Lipinski definition) is 5. The van der Waals surface area contributed by atoms with Crippen LogP contribution in [-0.4, -0.2) is 51.1 Å². The average Bonchev–Trinajstić information content (AvgIpc) is 3.20. The minimum Gasteiger partial charge on any atom is -0.362 e. The van der Waals surface area contributed by atoms with E-state index < -0.39 is 10.0 Å². The van der Waals surface area contributed by atoms with Gasteiger partial charge in [-0.2, -0.15) is 8.42 Å². The molecular formula is C21H26N4O4S2. The Morgan fingerprint density at radius 1 is 1.16 bits per heavy atom. The summed E-state index contributed by atoms with van der Waals surface area (Å²) in [5.41, 5.74) is 0.366. The molecule has 0 unspecified atom stereocenters. The number of thiophene rings is 1. The number of likely N-dealkylation sites (tertiary alicyclic amines) is 1. The van der Waals surface area contributed by atoms with Crippen LogP contribution >= 0.6 is 11.3 Å². The van der Waals surface area contributed by atoms with Crippen LogP contribution in [0.4, 0.5) is 5.69 Å². The molecule has 0 radical (unpaired) electrons. The largest absolute Gasteiger partial charge is 0.362 e. The van der Waals surface area contributed by atoms with Crippen molar-refractivity contribution in [1.29, 1.82) is 0 Å². The van der Waals surface area contributed by atoms with Gasteiger partial charge in [-0.3, -0.25) is 9.59 Å². The monoisotopic (exact) mass is 462 g/mol. The molecule has 0 saturated carbocycles. The summed E-state index contributed by atoms with van der Waals surface area (Å²) in [6.07, 6.45) is 3.69. The summed E-state index contributed by atoms with van der Waals surface area (Å²) < 4.78 is 29.6. The number of rotatable bonds is 7. The van der Waals surface area contributed by atoms with Gasteiger partial charge in [0, 0.05) is 38.7 Å². The lowest BCUT2D eigenvalue weighted by molar-refractivity contribution is -0.116. The highest BCUT2D eigenvalue weighted by atomic mass is 32.2. The number of carbonyl (C=O) groups is 2. The van der Waals surface area contributed by atoms with Gasteiger partial charge in [-0.05, 0) is 42.5 Å². The lowest BCUT2D eigenvalue weighted by Gasteiger charge is -2.17. The number of benzene rings is 1. The molecule has 2 aromatic rings. The maximum absolute atomic E-state index is 12.8. The molecule has 10 heteroatoms. The van der Waals surface area contributed by atoms with E-state index in [4.69, 9.17) is 0 Å². The van der Waals surface area contributed by atoms with Crippen molar-refractivity contribution in [1.82, 2.24) is 10.2 Å². The van der Waals surface area contributed by atoms with Crippen molar-refractivity contribution in [2.75, 3.05) is 25.5 Å². The molecule has 2 N–H and O–H groups in total. The maximum atomic E-state index is 12.8. The number of amides is 2. The lowest BCUT2D eigenvalue weighted by atomic mass is 10.2. The van der Waals surface area contributed by atoms with Gasteiger partial charge in [0.05, 0.1) is 9.77 Å². The molecule has 1 saturated heterocycles. The second-order valence-corrected chi connectivity index (χ2v) is 9.83. The van der Waals surface area contributed by atoms with E-state index in [0.717, 1.165) is 25.8 Å². The van der Waals surface area contributed by atoms with Crippen molar-refractivity contribution in [3.63, 3.8) is 0 Å². The van der Waals surface area contributed by atoms with E-state index in [9.17, 15) is 18.0 Å². The fourth-order valence-corrected chi connectivity index (χ4v) is 4.96. The van der Waals surface area contributed by atoms with Crippen LogP contribution in [0, 0.1) is 0 Å². The second-order valence-electron chi connectivity index (χ2n) is 7.27. The van der Waals surface area contributed by atoms with Crippen LogP contribution in [-0.2, 0) is 14.8 Å². The summed E-state index contributed by atoms with van der Waals surface area (Å²) in [4.78, 5) is 26.6. The van der Waals surface area contributed by atoms with Crippen LogP contribution in [0.5, 0.6) is 0 Å². The number of nitrogens with zero attached hydrogens (tertiary/aromatic N) is 2. The normalized spacial score (nSPS) is 16.0. The molecule has 166 valence electrons. The zero-order valence-corrected chi connectivity index (χ0v) is 19.0. The Balaban J connectivity index is 1.60. The topological polar surface area (TPSA) is 108 Å². The molecule has 0 aliphatic carbocycles. The van der Waals surface area contributed by atoms with Gasteiger partial charge in [0.2, 0.25) is 5.91 Å². The molecular weight excluding hydrogens is 436 g/mol. The molecule has 1 fully saturated rings. The van der Waals surface area contributed by atoms with Gasteiger partial charge in [0.25, 0.3) is 15.9 Å². The molecule has 31 heavy (non-hydrogen) atoms. The molecule has 8 nitrogen and oxygen atoms in total. The third-order valence-electron chi connectivity index (χ3n) is 4.86. The standard InChI is InChI=1S/C21H26N4O4S2/c1-25-13-4-2-3-10-19(25)24-31(28,29)17-8-5-7-16(15-17)23-20(26)11-12-22-21(27)18-9-6-14-30-18/h5-9,14-15H,2-4,10-13H2,1H3,(H,22,27)(H,23,26). The molecule has 2 amide bonds. The molecule has 0 spiro atoms. The van der Waals surface area contributed by atoms with Crippen LogP contribution in [0.2, 0.25) is 0 Å². The Bertz CT molecular complexity index is 1050. The number of nitrogens with one attached hydrogen (secondary N) is 2. The van der Waals surface area contributed by atoms with Gasteiger partial charge >= 0.3 is 0 Å². The van der Waals surface area contributed by atoms with E-state index in [1.807, 2.05) is 11.9 Å². The third-order valence-corrected chi connectivity index (χ3v) is 7.03. The Hall–Kier alpha value is -2.72. The predicted octanol–water partition coefficient (Wildman–Crippen LogP) is 3.10. The fourth-order valence-electron chi connectivity index (χ4n) is 3.18. The second kappa shape index (κ2) is 10.5. The van der Waals surface area contributed by atoms with Crippen molar-refractivity contribution in [2.45, 2.75) is 37.0 Å². The predicted molar refractivity (Wildman–Crippen MR) is 122 cm³/mol. The van der Waals surface area contributed by atoms with Crippen LogP contribution in [0.1, 0.15) is 41.8 Å². The van der Waals surface area contributed by atoms with Gasteiger partial charge in [0.1, 0.15) is 5.84 Å². The molecule has 0 atom stereocenters. The van der Waals surface area contributed by atoms with Crippen LogP contribution < -0.4 is 10.6 Å². The number of anilines is 1. The summed E-state index contributed by atoms with van der Waals surface area (Å²) >= 11 is 1.33. The molecule has 3 rings (SSSR count). The smallest absolute Gasteiger partial charge is 0.284 e. The van der Waals surface area contributed by atoms with E-state index >= 15 is 0 Å². The highest BCUT2D eigenvalue weighted by Crippen LogP contribution is 2.20. The average molecular weight is 463 g/mol. The zero-order chi connectivity index (χ0) is 22.3. The minimum absolute atomic E-state index is 0.0291. The summed E-state index contributed by atoms with van der Waals surface area (Å²) in [6, 6.07) is 9.55. The zero-order valence-electron chi connectivity index (χ0n) is 17.3. The Morgan fingerprint density at radius 2 is 2.00 bits per heavy atom. The van der Waals surface area contributed by atoms with E-state index in [2.05, 4.69) is 15.0 Å². The first-order chi connectivity index (χ1) is 14.8. The van der Waals surface area contributed by atoms with E-state index in [-0.39, 0.29) is 29.7 Å². The maximum Gasteiger partial charge on any atom is 0.284 e. The SMILES string of the molecule is CN1CCCCCC1=NS(=O)(=O)c1cccc(NC(=O)CCNC(=O)c2cccs2)c1. The fraction of sp³-hybridized carbons (Fsp3) is 0.381. The third kappa shape index (κ3) is 6.63. The van der Waals surface area contributed by atoms with Gasteiger partial charge in [-0.25, -0.2) is 0 Å². The Labute approximate surface area is 186 Å². The highest BCUT2D eigenvalue weighted by molar-refractivity contribution is 7.90. The van der Waals surface area contributed by atoms with Gasteiger partial charge in [-0.15, -0.1) is 15.7 Å². The first-order valence-corrected chi connectivity index (χ1v) is 12.4. The molecule has 1 aliphatic heterocycles. The lowest BCUT2D eigenvalue weighted by Crippen LogP contribution is -2.27. The summed E-state index contributed by atoms with van der Waals surface area (Å²) in [5, 5.41) is 7.17. The minimum atomic E-state index is -3.88. The summed E-state index contributed by atoms with van der Waals surface area (Å²) in [6.45, 7) is 0.966. The van der Waals surface area contributed by atoms with Crippen LogP contribution in [0.25, 0.3) is 0 Å². The van der Waals surface area contributed by atoms with Crippen LogP contribution in [0.3, 0.4) is 0 Å². The van der Waals surface area contributed by atoms with E-state index in [0.29, 0.717) is 22.8 Å². The van der Waals surface area contributed by atoms with Crippen molar-refractivity contribution < 1.29 is 18.0 Å². The van der Waals surface area contributed by atoms with E-state index in [1.165, 1.54) is 23.5 Å². The van der Waals surface area contributed by atoms with Crippen LogP contribution in [0.15, 0.2) is 51.1 Å². The van der Waals surface area contributed by atoms with E-state index in [1.54, 1.807) is 29.6 Å². The van der Waals surface area contributed by atoms with Gasteiger partial charge in [0.15, 0.2) is 0 Å². The van der Waals surface area contributed by atoms with Crippen molar-refractivity contribution in [3.05, 3.63) is 46.7 Å². The van der Waals surface area contributed by atoms with Crippen molar-refractivity contribution >= 4 is 44.7 Å². The number of carbonyl (C=O) groups excluding carboxylic acids is 2. The molecule has 1 aliphatic rings. The highest BCUT2D eigenvalue weighted by Gasteiger charge is 2.19. The Morgan fingerprint density at radius 3 is 2.77 bits per heavy atom. The number of amidine groups is 1. The first-order valence-electron chi connectivity index (χ1n) is 10.1. The Kier molecular flexibility index (Phi) is 7.80. The number of hydrogen-bond donors (Lipinski definition) is 2. The molecule has 0 bridgehead atoms. The molecule has 1 aromatic carbocycles. The summed E-state index contributed by atoms with van der Waals surface area (Å²) in [7, 11) is -2.03. The van der Waals surface area contributed by atoms with Gasteiger partial charge < -0.3 is 15.5 Å². The van der Waals surface area contributed by atoms with Crippen molar-refractivity contribution in [2.24, 2.45) is 4.40 Å². The number of sulfonamides is 1. The quantitative estimate of drug-likeness (QED) is 0.657. The molecule has 1 aromatic heterocycles. The summed E-state index contributed by atoms with van der Waals surface area (Å²) in [5.74, 6) is 0.0164. The first kappa shape index (κ1) is 23.0.